The van der Waals surface area contributed by atoms with Gasteiger partial charge in [-0.15, -0.1) is 0 Å². The summed E-state index contributed by atoms with van der Waals surface area (Å²) in [7, 11) is 0. The van der Waals surface area contributed by atoms with Crippen molar-refractivity contribution in [2.75, 3.05) is 11.5 Å². The number of carboxylic acid groups (broad SMARTS) is 1. The van der Waals surface area contributed by atoms with Crippen molar-refractivity contribution in [1.82, 2.24) is 5.32 Å². The average molecular weight is 297 g/mol. The van der Waals surface area contributed by atoms with Crippen molar-refractivity contribution in [1.29, 1.82) is 0 Å². The van der Waals surface area contributed by atoms with Gasteiger partial charge >= 0.3 is 12.1 Å². The number of hydrogen-bond acceptors (Lipinski definition) is 5. The fourth-order valence-electron chi connectivity index (χ4n) is 1.32. The zero-order chi connectivity index (χ0) is 14.8. The predicted molar refractivity (Wildman–Crippen MR) is 74.6 cm³/mol. The Balaban J connectivity index is 2.37. The van der Waals surface area contributed by atoms with Crippen LogP contribution < -0.4 is 5.32 Å². The molecule has 1 aromatic carbocycles. The Labute approximate surface area is 120 Å². The van der Waals surface area contributed by atoms with E-state index < -0.39 is 18.1 Å². The average Bonchev–Trinajstić information content (AvgIpc) is 2.45. The maximum Gasteiger partial charge on any atom is 0.408 e. The predicted octanol–water partition coefficient (Wildman–Crippen LogP) is 1.30. The fraction of sp³-hybridized carbons (Fsp3) is 0.308. The number of aldehydes is 1. The first-order valence-electron chi connectivity index (χ1n) is 5.85. The number of rotatable bonds is 8. The van der Waals surface area contributed by atoms with E-state index in [-0.39, 0.29) is 18.1 Å². The summed E-state index contributed by atoms with van der Waals surface area (Å²) in [6.07, 6.45) is -0.120. The van der Waals surface area contributed by atoms with Gasteiger partial charge in [0.15, 0.2) is 0 Å². The number of benzene rings is 1. The highest BCUT2D eigenvalue weighted by atomic mass is 32.2. The number of carboxylic acids is 1. The lowest BCUT2D eigenvalue weighted by Crippen LogP contribution is -2.42. The van der Waals surface area contributed by atoms with Gasteiger partial charge in [0, 0.05) is 11.5 Å². The number of amides is 1. The fourth-order valence-corrected chi connectivity index (χ4v) is 2.01. The van der Waals surface area contributed by atoms with Gasteiger partial charge in [0.2, 0.25) is 0 Å². The molecule has 0 aliphatic rings. The highest BCUT2D eigenvalue weighted by Crippen LogP contribution is 2.04. The van der Waals surface area contributed by atoms with E-state index in [9.17, 15) is 14.4 Å². The molecular weight excluding hydrogens is 282 g/mol. The maximum atomic E-state index is 11.5. The molecule has 0 aromatic heterocycles. The normalized spacial score (nSPS) is 11.4. The Morgan fingerprint density at radius 2 is 2.05 bits per heavy atom. The number of hydrogen-bond donors (Lipinski definition) is 2. The lowest BCUT2D eigenvalue weighted by Gasteiger charge is -2.13. The van der Waals surface area contributed by atoms with Crippen molar-refractivity contribution in [3.63, 3.8) is 0 Å². The summed E-state index contributed by atoms with van der Waals surface area (Å²) < 4.78 is 4.92. The first kappa shape index (κ1) is 16.0. The Morgan fingerprint density at radius 1 is 1.35 bits per heavy atom. The van der Waals surface area contributed by atoms with Crippen LogP contribution in [0, 0.1) is 0 Å². The number of ether oxygens (including phenoxy) is 1. The zero-order valence-electron chi connectivity index (χ0n) is 10.7. The van der Waals surface area contributed by atoms with E-state index >= 15 is 0 Å². The molecule has 0 heterocycles. The first-order valence-corrected chi connectivity index (χ1v) is 7.00. The molecule has 0 aliphatic carbocycles. The maximum absolute atomic E-state index is 11.5. The standard InChI is InChI=1S/C13H15NO5S/c15-6-7-20-9-11(12(16)17)14-13(18)19-8-10-4-2-1-3-5-10/h1-6,11H,7-9H2,(H,14,18)(H,16,17)/t11-/m0/s1. The summed E-state index contributed by atoms with van der Waals surface area (Å²) >= 11 is 1.13. The molecule has 1 amide bonds. The van der Waals surface area contributed by atoms with Crippen LogP contribution in [0.5, 0.6) is 0 Å². The van der Waals surface area contributed by atoms with Crippen LogP contribution in [-0.4, -0.2) is 41.0 Å². The molecule has 0 bridgehead atoms. The lowest BCUT2D eigenvalue weighted by atomic mass is 10.2. The Bertz CT molecular complexity index is 451. The molecule has 7 heteroatoms. The Kier molecular flexibility index (Phi) is 7.20. The van der Waals surface area contributed by atoms with Crippen LogP contribution in [0.1, 0.15) is 5.56 Å². The molecule has 0 unspecified atom stereocenters. The zero-order valence-corrected chi connectivity index (χ0v) is 11.5. The van der Waals surface area contributed by atoms with Gasteiger partial charge < -0.3 is 20.0 Å². The molecule has 108 valence electrons. The van der Waals surface area contributed by atoms with Crippen LogP contribution in [0.25, 0.3) is 0 Å². The highest BCUT2D eigenvalue weighted by molar-refractivity contribution is 7.99. The van der Waals surface area contributed by atoms with Crippen LogP contribution in [-0.2, 0) is 20.9 Å². The molecule has 1 aromatic rings. The van der Waals surface area contributed by atoms with E-state index in [1.807, 2.05) is 18.2 Å². The van der Waals surface area contributed by atoms with E-state index in [1.54, 1.807) is 12.1 Å². The summed E-state index contributed by atoms with van der Waals surface area (Å²) in [4.78, 5) is 32.6. The number of aliphatic carboxylic acids is 1. The Hall–Kier alpha value is -2.02. The van der Waals surface area contributed by atoms with Crippen LogP contribution in [0.4, 0.5) is 4.79 Å². The number of carbonyl (C=O) groups excluding carboxylic acids is 2. The molecular formula is C13H15NO5S. The third-order valence-electron chi connectivity index (χ3n) is 2.27. The minimum Gasteiger partial charge on any atom is -0.480 e. The topological polar surface area (TPSA) is 92.7 Å². The number of nitrogens with one attached hydrogen (secondary N) is 1. The van der Waals surface area contributed by atoms with Crippen molar-refractivity contribution in [3.05, 3.63) is 35.9 Å². The van der Waals surface area contributed by atoms with Gasteiger partial charge in [-0.1, -0.05) is 30.3 Å². The second kappa shape index (κ2) is 8.98. The van der Waals surface area contributed by atoms with E-state index in [1.165, 1.54) is 0 Å². The van der Waals surface area contributed by atoms with Crippen LogP contribution in [0.2, 0.25) is 0 Å². The minimum atomic E-state index is -1.17. The van der Waals surface area contributed by atoms with Crippen molar-refractivity contribution < 1.29 is 24.2 Å². The second-order valence-electron chi connectivity index (χ2n) is 3.80. The second-order valence-corrected chi connectivity index (χ2v) is 4.88. The lowest BCUT2D eigenvalue weighted by molar-refractivity contribution is -0.138. The van der Waals surface area contributed by atoms with Gasteiger partial charge in [0.05, 0.1) is 0 Å². The van der Waals surface area contributed by atoms with Crippen molar-refractivity contribution >= 4 is 30.1 Å². The molecule has 6 nitrogen and oxygen atoms in total. The number of alkyl carbamates (subject to hydrolysis) is 1. The first-order chi connectivity index (χ1) is 9.63. The van der Waals surface area contributed by atoms with Gasteiger partial charge in [0.1, 0.15) is 18.9 Å². The third kappa shape index (κ3) is 6.24. The van der Waals surface area contributed by atoms with Crippen LogP contribution >= 0.6 is 11.8 Å². The van der Waals surface area contributed by atoms with Crippen molar-refractivity contribution in [2.24, 2.45) is 0 Å². The van der Waals surface area contributed by atoms with E-state index in [0.29, 0.717) is 6.29 Å². The molecule has 0 spiro atoms. The quantitative estimate of drug-likeness (QED) is 0.555. The van der Waals surface area contributed by atoms with E-state index in [2.05, 4.69) is 5.32 Å². The summed E-state index contributed by atoms with van der Waals surface area (Å²) in [6.45, 7) is 0.0699. The largest absolute Gasteiger partial charge is 0.480 e. The summed E-state index contributed by atoms with van der Waals surface area (Å²) in [6, 6.07) is 7.97. The molecule has 0 aliphatic heterocycles. The number of carbonyl (C=O) groups is 3. The molecule has 1 atom stereocenters. The molecule has 2 N–H and O–H groups in total. The van der Waals surface area contributed by atoms with E-state index in [0.717, 1.165) is 17.3 Å². The minimum absolute atomic E-state index is 0.0699. The molecule has 0 saturated heterocycles. The van der Waals surface area contributed by atoms with Crippen molar-refractivity contribution in [2.45, 2.75) is 12.6 Å². The van der Waals surface area contributed by atoms with Gasteiger partial charge in [0.25, 0.3) is 0 Å². The third-order valence-corrected chi connectivity index (χ3v) is 3.21. The molecule has 1 rings (SSSR count). The summed E-state index contributed by atoms with van der Waals surface area (Å²) in [5, 5.41) is 11.2. The van der Waals surface area contributed by atoms with Gasteiger partial charge in [-0.25, -0.2) is 9.59 Å². The van der Waals surface area contributed by atoms with Crippen LogP contribution in [0.3, 0.4) is 0 Å². The van der Waals surface area contributed by atoms with Gasteiger partial charge in [-0.05, 0) is 5.56 Å². The highest BCUT2D eigenvalue weighted by Gasteiger charge is 2.20. The molecule has 0 saturated carbocycles. The summed E-state index contributed by atoms with van der Waals surface area (Å²) in [5.74, 6) is -0.876. The molecule has 0 radical (unpaired) electrons. The van der Waals surface area contributed by atoms with E-state index in [4.69, 9.17) is 9.84 Å². The van der Waals surface area contributed by atoms with Crippen molar-refractivity contribution in [3.8, 4) is 0 Å². The molecule has 20 heavy (non-hydrogen) atoms. The van der Waals surface area contributed by atoms with Crippen LogP contribution in [0.15, 0.2) is 30.3 Å². The SMILES string of the molecule is O=CCSC[C@H](NC(=O)OCc1ccccc1)C(=O)O. The smallest absolute Gasteiger partial charge is 0.408 e. The molecule has 0 fully saturated rings. The van der Waals surface area contributed by atoms with Gasteiger partial charge in [-0.2, -0.15) is 11.8 Å². The summed E-state index contributed by atoms with van der Waals surface area (Å²) in [5.41, 5.74) is 0.810. The van der Waals surface area contributed by atoms with Gasteiger partial charge in [-0.3, -0.25) is 0 Å². The monoisotopic (exact) mass is 297 g/mol. The number of thioether (sulfide) groups is 1. The Morgan fingerprint density at radius 3 is 2.65 bits per heavy atom.